The number of nitrogens with zero attached hydrogens (tertiary/aromatic N) is 2. The van der Waals surface area contributed by atoms with Crippen molar-refractivity contribution in [3.05, 3.63) is 0 Å². The van der Waals surface area contributed by atoms with Crippen molar-refractivity contribution in [3.8, 4) is 6.07 Å². The summed E-state index contributed by atoms with van der Waals surface area (Å²) in [7, 11) is 4.11. The first-order valence-corrected chi connectivity index (χ1v) is 6.58. The Bertz CT molecular complexity index is 236. The predicted molar refractivity (Wildman–Crippen MR) is 66.1 cm³/mol. The van der Waals surface area contributed by atoms with Crippen LogP contribution in [0.4, 0.5) is 0 Å². The summed E-state index contributed by atoms with van der Waals surface area (Å²) in [6.07, 6.45) is 2.14. The number of thioether (sulfide) groups is 1. The van der Waals surface area contributed by atoms with Crippen LogP contribution in [0.25, 0.3) is 0 Å². The molecule has 1 fully saturated rings. The van der Waals surface area contributed by atoms with E-state index in [4.69, 9.17) is 0 Å². The number of rotatable bonds is 4. The van der Waals surface area contributed by atoms with Gasteiger partial charge in [0.15, 0.2) is 0 Å². The van der Waals surface area contributed by atoms with E-state index in [1.807, 2.05) is 11.8 Å². The second-order valence-corrected chi connectivity index (χ2v) is 5.88. The molecular weight excluding hydrogens is 206 g/mol. The first kappa shape index (κ1) is 12.8. The Labute approximate surface area is 97.2 Å². The van der Waals surface area contributed by atoms with E-state index in [1.165, 1.54) is 5.75 Å². The smallest absolute Gasteiger partial charge is 0.118 e. The highest BCUT2D eigenvalue weighted by Crippen LogP contribution is 2.33. The third-order valence-corrected chi connectivity index (χ3v) is 4.40. The molecule has 0 bridgehead atoms. The van der Waals surface area contributed by atoms with Gasteiger partial charge in [-0.1, -0.05) is 6.92 Å². The summed E-state index contributed by atoms with van der Waals surface area (Å²) >= 11 is 1.91. The number of hydrogen-bond donors (Lipinski definition) is 1. The van der Waals surface area contributed by atoms with Gasteiger partial charge >= 0.3 is 0 Å². The van der Waals surface area contributed by atoms with Gasteiger partial charge in [0.1, 0.15) is 5.54 Å². The van der Waals surface area contributed by atoms with Crippen LogP contribution in [0.2, 0.25) is 0 Å². The summed E-state index contributed by atoms with van der Waals surface area (Å²) in [5.41, 5.74) is -0.293. The molecule has 0 aliphatic carbocycles. The zero-order valence-electron chi connectivity index (χ0n) is 9.92. The summed E-state index contributed by atoms with van der Waals surface area (Å²) in [5.74, 6) is 1.19. The lowest BCUT2D eigenvalue weighted by atomic mass is 9.91. The van der Waals surface area contributed by atoms with E-state index >= 15 is 0 Å². The Morgan fingerprint density at radius 1 is 1.60 bits per heavy atom. The van der Waals surface area contributed by atoms with Gasteiger partial charge in [-0.25, -0.2) is 0 Å². The van der Waals surface area contributed by atoms with Crippen molar-refractivity contribution >= 4 is 11.8 Å². The van der Waals surface area contributed by atoms with Crippen LogP contribution in [0, 0.1) is 11.3 Å². The third kappa shape index (κ3) is 3.37. The molecular formula is C11H21N3S. The van der Waals surface area contributed by atoms with Crippen LogP contribution in [0.15, 0.2) is 0 Å². The largest absolute Gasteiger partial charge is 0.308 e. The molecule has 1 heterocycles. The number of nitriles is 1. The molecule has 3 nitrogen and oxygen atoms in total. The lowest BCUT2D eigenvalue weighted by Crippen LogP contribution is -2.54. The van der Waals surface area contributed by atoms with E-state index < -0.39 is 0 Å². The van der Waals surface area contributed by atoms with Crippen LogP contribution in [-0.4, -0.2) is 48.6 Å². The Balaban J connectivity index is 2.48. The average Bonchev–Trinajstić information content (AvgIpc) is 2.21. The number of hydrogen-bond acceptors (Lipinski definition) is 4. The first-order valence-electron chi connectivity index (χ1n) is 5.53. The van der Waals surface area contributed by atoms with Crippen molar-refractivity contribution in [1.82, 2.24) is 10.2 Å². The van der Waals surface area contributed by atoms with Crippen LogP contribution in [0.5, 0.6) is 0 Å². The standard InChI is InChI=1S/C11H21N3S/c1-10-11(9-12,5-4-8-15-10)13-6-7-14(2)3/h10,13H,4-8H2,1-3H3. The lowest BCUT2D eigenvalue weighted by molar-refractivity contribution is 0.331. The number of nitrogens with one attached hydrogen (secondary N) is 1. The van der Waals surface area contributed by atoms with Crippen LogP contribution in [-0.2, 0) is 0 Å². The molecule has 15 heavy (non-hydrogen) atoms. The molecule has 0 aromatic heterocycles. The zero-order valence-corrected chi connectivity index (χ0v) is 10.7. The topological polar surface area (TPSA) is 39.1 Å². The maximum atomic E-state index is 9.34. The van der Waals surface area contributed by atoms with Crippen LogP contribution < -0.4 is 5.32 Å². The molecule has 1 aliphatic rings. The third-order valence-electron chi connectivity index (χ3n) is 2.98. The van der Waals surface area contributed by atoms with Gasteiger partial charge in [-0.15, -0.1) is 0 Å². The molecule has 2 atom stereocenters. The highest BCUT2D eigenvalue weighted by molar-refractivity contribution is 8.00. The van der Waals surface area contributed by atoms with Gasteiger partial charge in [0.2, 0.25) is 0 Å². The van der Waals surface area contributed by atoms with Gasteiger partial charge in [-0.3, -0.25) is 5.32 Å². The van der Waals surface area contributed by atoms with Crippen molar-refractivity contribution < 1.29 is 0 Å². The van der Waals surface area contributed by atoms with Crippen molar-refractivity contribution in [3.63, 3.8) is 0 Å². The summed E-state index contributed by atoms with van der Waals surface area (Å²) in [5, 5.41) is 13.2. The summed E-state index contributed by atoms with van der Waals surface area (Å²) < 4.78 is 0. The van der Waals surface area contributed by atoms with E-state index in [0.717, 1.165) is 25.9 Å². The normalized spacial score (nSPS) is 31.5. The minimum atomic E-state index is -0.293. The molecule has 4 heteroatoms. The van der Waals surface area contributed by atoms with Crippen molar-refractivity contribution in [2.45, 2.75) is 30.6 Å². The molecule has 0 aromatic rings. The molecule has 1 N–H and O–H groups in total. The highest BCUT2D eigenvalue weighted by Gasteiger charge is 2.38. The SMILES string of the molecule is CC1SCCCC1(C#N)NCCN(C)C. The molecule has 2 unspecified atom stereocenters. The Morgan fingerprint density at radius 2 is 2.33 bits per heavy atom. The fourth-order valence-electron chi connectivity index (χ4n) is 1.88. The Hall–Kier alpha value is -0.240. The maximum Gasteiger partial charge on any atom is 0.118 e. The quantitative estimate of drug-likeness (QED) is 0.786. The fourth-order valence-corrected chi connectivity index (χ4v) is 3.08. The van der Waals surface area contributed by atoms with Crippen molar-refractivity contribution in [2.75, 3.05) is 32.9 Å². The Morgan fingerprint density at radius 3 is 2.87 bits per heavy atom. The van der Waals surface area contributed by atoms with E-state index in [1.54, 1.807) is 0 Å². The van der Waals surface area contributed by atoms with Gasteiger partial charge in [-0.2, -0.15) is 17.0 Å². The van der Waals surface area contributed by atoms with E-state index in [-0.39, 0.29) is 5.54 Å². The van der Waals surface area contributed by atoms with Gasteiger partial charge in [0, 0.05) is 18.3 Å². The molecule has 0 saturated carbocycles. The fraction of sp³-hybridized carbons (Fsp3) is 0.909. The summed E-state index contributed by atoms with van der Waals surface area (Å²) in [6, 6.07) is 2.49. The highest BCUT2D eigenvalue weighted by atomic mass is 32.2. The Kier molecular flexibility index (Phi) is 4.91. The van der Waals surface area contributed by atoms with Crippen LogP contribution in [0.3, 0.4) is 0 Å². The zero-order chi connectivity index (χ0) is 11.3. The minimum absolute atomic E-state index is 0.293. The molecule has 0 radical (unpaired) electrons. The molecule has 1 aliphatic heterocycles. The summed E-state index contributed by atoms with van der Waals surface area (Å²) in [6.45, 7) is 4.04. The molecule has 86 valence electrons. The number of likely N-dealkylation sites (N-methyl/N-ethyl adjacent to an activating group) is 1. The maximum absolute atomic E-state index is 9.34. The van der Waals surface area contributed by atoms with Gasteiger partial charge in [0.05, 0.1) is 6.07 Å². The van der Waals surface area contributed by atoms with Gasteiger partial charge < -0.3 is 4.90 Å². The van der Waals surface area contributed by atoms with Crippen molar-refractivity contribution in [2.24, 2.45) is 0 Å². The average molecular weight is 227 g/mol. The van der Waals surface area contributed by atoms with Crippen LogP contribution in [0.1, 0.15) is 19.8 Å². The molecule has 0 spiro atoms. The van der Waals surface area contributed by atoms with E-state index in [9.17, 15) is 5.26 Å². The van der Waals surface area contributed by atoms with Gasteiger partial charge in [-0.05, 0) is 32.7 Å². The monoisotopic (exact) mass is 227 g/mol. The van der Waals surface area contributed by atoms with Crippen molar-refractivity contribution in [1.29, 1.82) is 5.26 Å². The van der Waals surface area contributed by atoms with E-state index in [0.29, 0.717) is 5.25 Å². The summed E-state index contributed by atoms with van der Waals surface area (Å²) in [4.78, 5) is 2.14. The predicted octanol–water partition coefficient (Wildman–Crippen LogP) is 1.32. The lowest BCUT2D eigenvalue weighted by Gasteiger charge is -2.37. The minimum Gasteiger partial charge on any atom is -0.308 e. The second-order valence-electron chi connectivity index (χ2n) is 4.43. The van der Waals surface area contributed by atoms with E-state index in [2.05, 4.69) is 37.3 Å². The van der Waals surface area contributed by atoms with Gasteiger partial charge in [0.25, 0.3) is 0 Å². The molecule has 1 saturated heterocycles. The molecule has 0 aromatic carbocycles. The van der Waals surface area contributed by atoms with Crippen LogP contribution >= 0.6 is 11.8 Å². The second kappa shape index (κ2) is 5.74. The molecule has 0 amide bonds. The first-order chi connectivity index (χ1) is 7.10. The molecule has 1 rings (SSSR count).